The molecule has 0 radical (unpaired) electrons. The molecule has 19 heavy (non-hydrogen) atoms. The maximum atomic E-state index is 6.17. The van der Waals surface area contributed by atoms with Crippen molar-refractivity contribution in [3.8, 4) is 0 Å². The summed E-state index contributed by atoms with van der Waals surface area (Å²) in [6.45, 7) is 3.01. The van der Waals surface area contributed by atoms with Crippen LogP contribution >= 0.6 is 27.5 Å². The third kappa shape index (κ3) is 4.03. The summed E-state index contributed by atoms with van der Waals surface area (Å²) in [5.74, 6) is 0. The van der Waals surface area contributed by atoms with Crippen molar-refractivity contribution >= 4 is 27.5 Å². The average Bonchev–Trinajstić information content (AvgIpc) is 2.43. The maximum Gasteiger partial charge on any atom is 0.0551 e. The minimum atomic E-state index is 0.227. The lowest BCUT2D eigenvalue weighted by molar-refractivity contribution is 0.544. The Morgan fingerprint density at radius 3 is 2.79 bits per heavy atom. The van der Waals surface area contributed by atoms with E-state index in [2.05, 4.69) is 39.2 Å². The highest BCUT2D eigenvalue weighted by atomic mass is 79.9. The van der Waals surface area contributed by atoms with Gasteiger partial charge >= 0.3 is 0 Å². The van der Waals surface area contributed by atoms with Gasteiger partial charge in [-0.2, -0.15) is 0 Å². The van der Waals surface area contributed by atoms with E-state index >= 15 is 0 Å². The normalized spacial score (nSPS) is 12.4. The van der Waals surface area contributed by atoms with Crippen LogP contribution in [0.15, 0.2) is 47.1 Å². The quantitative estimate of drug-likeness (QED) is 0.874. The van der Waals surface area contributed by atoms with Gasteiger partial charge in [0.15, 0.2) is 0 Å². The summed E-state index contributed by atoms with van der Waals surface area (Å²) in [6.07, 6.45) is 2.68. The second-order valence-corrected chi connectivity index (χ2v) is 5.57. The van der Waals surface area contributed by atoms with E-state index < -0.39 is 0 Å². The molecule has 0 aliphatic carbocycles. The highest BCUT2D eigenvalue weighted by Crippen LogP contribution is 2.27. The number of nitrogens with zero attached hydrogens (tertiary/aromatic N) is 1. The van der Waals surface area contributed by atoms with Crippen LogP contribution in [0, 0.1) is 0 Å². The van der Waals surface area contributed by atoms with Crippen molar-refractivity contribution in [2.75, 3.05) is 6.54 Å². The molecule has 0 saturated heterocycles. The fraction of sp³-hybridized carbons (Fsp3) is 0.267. The van der Waals surface area contributed by atoms with Crippen LogP contribution in [0.4, 0.5) is 0 Å². The first-order valence-electron chi connectivity index (χ1n) is 6.29. The van der Waals surface area contributed by atoms with Crippen molar-refractivity contribution in [2.24, 2.45) is 0 Å². The predicted octanol–water partition coefficient (Wildman–Crippen LogP) is 4.39. The van der Waals surface area contributed by atoms with E-state index in [4.69, 9.17) is 11.6 Å². The van der Waals surface area contributed by atoms with Gasteiger partial charge in [-0.05, 0) is 52.3 Å². The van der Waals surface area contributed by atoms with E-state index in [0.717, 1.165) is 28.2 Å². The van der Waals surface area contributed by atoms with Crippen LogP contribution in [-0.4, -0.2) is 11.5 Å². The van der Waals surface area contributed by atoms with E-state index in [0.29, 0.717) is 0 Å². The lowest BCUT2D eigenvalue weighted by Gasteiger charge is -2.18. The molecule has 1 N–H and O–H groups in total. The zero-order valence-corrected chi connectivity index (χ0v) is 13.1. The monoisotopic (exact) mass is 338 g/mol. The summed E-state index contributed by atoms with van der Waals surface area (Å²) in [6, 6.07) is 12.3. The SMILES string of the molecule is CCNC(Cc1ccccn1)c1ccc(Br)c(Cl)c1. The Hall–Kier alpha value is -0.900. The second-order valence-electron chi connectivity index (χ2n) is 4.31. The van der Waals surface area contributed by atoms with Crippen LogP contribution in [0.2, 0.25) is 5.02 Å². The van der Waals surface area contributed by atoms with Gasteiger partial charge in [0.05, 0.1) is 5.02 Å². The Balaban J connectivity index is 2.21. The van der Waals surface area contributed by atoms with Crippen molar-refractivity contribution in [3.05, 3.63) is 63.3 Å². The van der Waals surface area contributed by atoms with Crippen LogP contribution < -0.4 is 5.32 Å². The van der Waals surface area contributed by atoms with Crippen molar-refractivity contribution < 1.29 is 0 Å². The van der Waals surface area contributed by atoms with Gasteiger partial charge in [0.1, 0.15) is 0 Å². The molecule has 0 amide bonds. The number of hydrogen-bond donors (Lipinski definition) is 1. The lowest BCUT2D eigenvalue weighted by atomic mass is 10.0. The minimum Gasteiger partial charge on any atom is -0.310 e. The summed E-state index contributed by atoms with van der Waals surface area (Å²) in [5.41, 5.74) is 2.26. The predicted molar refractivity (Wildman–Crippen MR) is 83.5 cm³/mol. The van der Waals surface area contributed by atoms with Crippen LogP contribution in [0.3, 0.4) is 0 Å². The third-order valence-electron chi connectivity index (χ3n) is 2.94. The summed E-state index contributed by atoms with van der Waals surface area (Å²) in [5, 5.41) is 4.22. The smallest absolute Gasteiger partial charge is 0.0551 e. The molecule has 4 heteroatoms. The fourth-order valence-corrected chi connectivity index (χ4v) is 2.45. The number of hydrogen-bond acceptors (Lipinski definition) is 2. The molecule has 0 aliphatic rings. The molecular weight excluding hydrogens is 324 g/mol. The number of aromatic nitrogens is 1. The number of halogens is 2. The van der Waals surface area contributed by atoms with E-state index in [1.165, 1.54) is 5.56 Å². The van der Waals surface area contributed by atoms with Crippen molar-refractivity contribution in [1.82, 2.24) is 10.3 Å². The summed E-state index contributed by atoms with van der Waals surface area (Å²) in [7, 11) is 0. The fourth-order valence-electron chi connectivity index (χ4n) is 2.01. The standard InChI is InChI=1S/C15H16BrClN2/c1-2-18-15(10-12-5-3-4-8-19-12)11-6-7-13(16)14(17)9-11/h3-9,15,18H,2,10H2,1H3. The zero-order valence-electron chi connectivity index (χ0n) is 10.7. The molecule has 0 fully saturated rings. The number of nitrogens with one attached hydrogen (secondary N) is 1. The maximum absolute atomic E-state index is 6.17. The van der Waals surface area contributed by atoms with E-state index in [-0.39, 0.29) is 6.04 Å². The largest absolute Gasteiger partial charge is 0.310 e. The number of likely N-dealkylation sites (N-methyl/N-ethyl adjacent to an activating group) is 1. The molecule has 0 spiro atoms. The van der Waals surface area contributed by atoms with E-state index in [1.807, 2.05) is 36.5 Å². The first-order valence-corrected chi connectivity index (χ1v) is 7.46. The molecular formula is C15H16BrClN2. The molecule has 0 aliphatic heterocycles. The van der Waals surface area contributed by atoms with Crippen LogP contribution in [-0.2, 0) is 6.42 Å². The molecule has 2 rings (SSSR count). The molecule has 1 heterocycles. The summed E-state index contributed by atoms with van der Waals surface area (Å²) < 4.78 is 0.922. The lowest BCUT2D eigenvalue weighted by Crippen LogP contribution is -2.23. The van der Waals surface area contributed by atoms with Gasteiger partial charge in [0.2, 0.25) is 0 Å². The Labute approximate surface area is 127 Å². The third-order valence-corrected chi connectivity index (χ3v) is 4.17. The molecule has 0 saturated carbocycles. The average molecular weight is 340 g/mol. The van der Waals surface area contributed by atoms with Gasteiger partial charge in [-0.25, -0.2) is 0 Å². The minimum absolute atomic E-state index is 0.227. The first kappa shape index (κ1) is 14.5. The molecule has 1 aromatic heterocycles. The van der Waals surface area contributed by atoms with Gasteiger partial charge in [-0.1, -0.05) is 30.7 Å². The van der Waals surface area contributed by atoms with E-state index in [1.54, 1.807) is 0 Å². The van der Waals surface area contributed by atoms with Gasteiger partial charge in [0.25, 0.3) is 0 Å². The zero-order chi connectivity index (χ0) is 13.7. The highest BCUT2D eigenvalue weighted by molar-refractivity contribution is 9.10. The van der Waals surface area contributed by atoms with Gasteiger partial charge in [0, 0.05) is 28.8 Å². The Kier molecular flexibility index (Phi) is 5.37. The number of rotatable bonds is 5. The van der Waals surface area contributed by atoms with Crippen LogP contribution in [0.5, 0.6) is 0 Å². The van der Waals surface area contributed by atoms with Gasteiger partial charge in [-0.3, -0.25) is 4.98 Å². The molecule has 0 bridgehead atoms. The van der Waals surface area contributed by atoms with Crippen LogP contribution in [0.1, 0.15) is 24.2 Å². The Bertz CT molecular complexity index is 531. The van der Waals surface area contributed by atoms with E-state index in [9.17, 15) is 0 Å². The van der Waals surface area contributed by atoms with Gasteiger partial charge in [-0.15, -0.1) is 0 Å². The van der Waals surface area contributed by atoms with Crippen molar-refractivity contribution in [3.63, 3.8) is 0 Å². The van der Waals surface area contributed by atoms with Gasteiger partial charge < -0.3 is 5.32 Å². The molecule has 1 aromatic carbocycles. The summed E-state index contributed by atoms with van der Waals surface area (Å²) >= 11 is 9.59. The molecule has 100 valence electrons. The number of benzene rings is 1. The Morgan fingerprint density at radius 1 is 1.32 bits per heavy atom. The number of pyridine rings is 1. The van der Waals surface area contributed by atoms with Crippen LogP contribution in [0.25, 0.3) is 0 Å². The molecule has 1 unspecified atom stereocenters. The second kappa shape index (κ2) is 7.04. The van der Waals surface area contributed by atoms with Crippen molar-refractivity contribution in [2.45, 2.75) is 19.4 Å². The summed E-state index contributed by atoms with van der Waals surface area (Å²) in [4.78, 5) is 4.38. The molecule has 1 atom stereocenters. The Morgan fingerprint density at radius 2 is 2.16 bits per heavy atom. The molecule has 2 aromatic rings. The first-order chi connectivity index (χ1) is 9.20. The molecule has 2 nitrogen and oxygen atoms in total. The highest BCUT2D eigenvalue weighted by Gasteiger charge is 2.13. The van der Waals surface area contributed by atoms with Crippen molar-refractivity contribution in [1.29, 1.82) is 0 Å². The topological polar surface area (TPSA) is 24.9 Å².